The summed E-state index contributed by atoms with van der Waals surface area (Å²) in [5.74, 6) is -0.0561. The van der Waals surface area contributed by atoms with Gasteiger partial charge in [-0.25, -0.2) is 13.1 Å². The number of amides is 2. The zero-order valence-corrected chi connectivity index (χ0v) is 17.4. The molecule has 2 aromatic rings. The highest BCUT2D eigenvalue weighted by Gasteiger charge is 2.14. The first-order valence-corrected chi connectivity index (χ1v) is 10.5. The van der Waals surface area contributed by atoms with Gasteiger partial charge in [-0.1, -0.05) is 12.1 Å². The van der Waals surface area contributed by atoms with Crippen LogP contribution >= 0.6 is 0 Å². The molecular formula is C20H25N3O5S. The van der Waals surface area contributed by atoms with Crippen molar-refractivity contribution in [3.8, 4) is 0 Å². The highest BCUT2D eigenvalue weighted by Crippen LogP contribution is 2.13. The van der Waals surface area contributed by atoms with E-state index in [0.717, 1.165) is 0 Å². The number of likely N-dealkylation sites (N-methyl/N-ethyl adjacent to an activating group) is 1. The molecule has 0 bridgehead atoms. The molecule has 1 aromatic heterocycles. The van der Waals surface area contributed by atoms with Crippen LogP contribution in [-0.4, -0.2) is 44.8 Å². The van der Waals surface area contributed by atoms with Crippen LogP contribution in [0.15, 0.2) is 58.1 Å². The number of sulfonamides is 1. The second-order valence-electron chi connectivity index (χ2n) is 6.72. The van der Waals surface area contributed by atoms with E-state index in [2.05, 4.69) is 10.0 Å². The fraction of sp³-hybridized carbons (Fsp3) is 0.300. The largest absolute Gasteiger partial charge is 0.468 e. The summed E-state index contributed by atoms with van der Waals surface area (Å²) in [5.41, 5.74) is 0.656. The Labute approximate surface area is 170 Å². The van der Waals surface area contributed by atoms with E-state index in [1.807, 2.05) is 13.8 Å². The molecule has 0 fully saturated rings. The Hall–Kier alpha value is -2.91. The molecule has 2 rings (SSSR count). The average molecular weight is 420 g/mol. The van der Waals surface area contributed by atoms with Gasteiger partial charge in [0, 0.05) is 19.2 Å². The van der Waals surface area contributed by atoms with Crippen LogP contribution in [-0.2, 0) is 26.2 Å². The quantitative estimate of drug-likeness (QED) is 0.602. The number of rotatable bonds is 9. The zero-order chi connectivity index (χ0) is 21.4. The highest BCUT2D eigenvalue weighted by molar-refractivity contribution is 7.89. The summed E-state index contributed by atoms with van der Waals surface area (Å²) in [7, 11) is -2.14. The summed E-state index contributed by atoms with van der Waals surface area (Å²) in [6, 6.07) is 9.46. The molecule has 2 N–H and O–H groups in total. The Bertz CT molecular complexity index is 949. The van der Waals surface area contributed by atoms with Gasteiger partial charge in [-0.2, -0.15) is 0 Å². The molecule has 0 saturated heterocycles. The summed E-state index contributed by atoms with van der Waals surface area (Å²) in [4.78, 5) is 25.2. The van der Waals surface area contributed by atoms with Crippen LogP contribution in [0.1, 0.15) is 25.2 Å². The van der Waals surface area contributed by atoms with Crippen molar-refractivity contribution >= 4 is 27.9 Å². The highest BCUT2D eigenvalue weighted by atomic mass is 32.2. The van der Waals surface area contributed by atoms with Gasteiger partial charge in [0.1, 0.15) is 5.76 Å². The molecule has 0 spiro atoms. The molecule has 0 unspecified atom stereocenters. The van der Waals surface area contributed by atoms with E-state index in [4.69, 9.17) is 4.42 Å². The number of carbonyl (C=O) groups is 2. The number of nitrogens with one attached hydrogen (secondary N) is 2. The molecule has 8 nitrogen and oxygen atoms in total. The van der Waals surface area contributed by atoms with E-state index in [0.29, 0.717) is 11.3 Å². The van der Waals surface area contributed by atoms with Crippen molar-refractivity contribution < 1.29 is 22.4 Å². The lowest BCUT2D eigenvalue weighted by molar-refractivity contribution is -0.131. The summed E-state index contributed by atoms with van der Waals surface area (Å²) in [6.07, 6.45) is 4.37. The van der Waals surface area contributed by atoms with Crippen LogP contribution in [0.5, 0.6) is 0 Å². The number of furan rings is 1. The van der Waals surface area contributed by atoms with Gasteiger partial charge in [-0.3, -0.25) is 9.59 Å². The standard InChI is InChI=1S/C20H25N3O5S/c1-15(2)22-19(24)14-23(3)20(25)11-8-16-6-9-18(10-7-16)29(26,27)21-13-17-5-4-12-28-17/h4-12,15,21H,13-14H2,1-3H3,(H,22,24)/b11-8+. The maximum atomic E-state index is 12.3. The third kappa shape index (κ3) is 7.20. The third-order valence-electron chi connectivity index (χ3n) is 3.83. The fourth-order valence-corrected chi connectivity index (χ4v) is 3.37. The lowest BCUT2D eigenvalue weighted by Gasteiger charge is -2.16. The average Bonchev–Trinajstić information content (AvgIpc) is 3.18. The SMILES string of the molecule is CC(C)NC(=O)CN(C)C(=O)/C=C/c1ccc(S(=O)(=O)NCc2ccco2)cc1. The first kappa shape index (κ1) is 22.4. The van der Waals surface area contributed by atoms with Crippen LogP contribution in [0.2, 0.25) is 0 Å². The van der Waals surface area contributed by atoms with Crippen molar-refractivity contribution in [3.05, 3.63) is 60.1 Å². The first-order valence-electron chi connectivity index (χ1n) is 9.02. The summed E-state index contributed by atoms with van der Waals surface area (Å²) >= 11 is 0. The van der Waals surface area contributed by atoms with E-state index >= 15 is 0 Å². The van der Waals surface area contributed by atoms with E-state index in [9.17, 15) is 18.0 Å². The molecule has 0 aliphatic carbocycles. The van der Waals surface area contributed by atoms with Crippen molar-refractivity contribution in [3.63, 3.8) is 0 Å². The van der Waals surface area contributed by atoms with Crippen LogP contribution in [0.3, 0.4) is 0 Å². The maximum absolute atomic E-state index is 12.3. The van der Waals surface area contributed by atoms with Gasteiger partial charge < -0.3 is 14.6 Å². The lowest BCUT2D eigenvalue weighted by Crippen LogP contribution is -2.40. The zero-order valence-electron chi connectivity index (χ0n) is 16.6. The van der Waals surface area contributed by atoms with Crippen molar-refractivity contribution in [2.75, 3.05) is 13.6 Å². The third-order valence-corrected chi connectivity index (χ3v) is 5.25. The molecule has 0 radical (unpaired) electrons. The maximum Gasteiger partial charge on any atom is 0.246 e. The number of hydrogen-bond donors (Lipinski definition) is 2. The van der Waals surface area contributed by atoms with Crippen LogP contribution < -0.4 is 10.0 Å². The Morgan fingerprint density at radius 3 is 2.45 bits per heavy atom. The van der Waals surface area contributed by atoms with Gasteiger partial charge in [0.2, 0.25) is 21.8 Å². The van der Waals surface area contributed by atoms with Crippen molar-refractivity contribution in [1.82, 2.24) is 14.9 Å². The Morgan fingerprint density at radius 1 is 1.17 bits per heavy atom. The van der Waals surface area contributed by atoms with E-state index in [1.54, 1.807) is 30.3 Å². The first-order chi connectivity index (χ1) is 13.7. The lowest BCUT2D eigenvalue weighted by atomic mass is 10.2. The minimum atomic E-state index is -3.68. The Morgan fingerprint density at radius 2 is 1.86 bits per heavy atom. The van der Waals surface area contributed by atoms with Crippen molar-refractivity contribution in [2.24, 2.45) is 0 Å². The smallest absolute Gasteiger partial charge is 0.246 e. The molecular weight excluding hydrogens is 394 g/mol. The molecule has 0 atom stereocenters. The second kappa shape index (κ2) is 10.0. The fourth-order valence-electron chi connectivity index (χ4n) is 2.38. The topological polar surface area (TPSA) is 109 Å². The molecule has 0 saturated carbocycles. The minimum Gasteiger partial charge on any atom is -0.468 e. The Kier molecular flexibility index (Phi) is 7.74. The molecule has 156 valence electrons. The molecule has 0 aliphatic rings. The number of carbonyl (C=O) groups excluding carboxylic acids is 2. The van der Waals surface area contributed by atoms with Crippen LogP contribution in [0.4, 0.5) is 0 Å². The van der Waals surface area contributed by atoms with E-state index in [-0.39, 0.29) is 35.8 Å². The Balaban J connectivity index is 1.93. The normalized spacial score (nSPS) is 11.7. The van der Waals surface area contributed by atoms with Crippen molar-refractivity contribution in [2.45, 2.75) is 31.3 Å². The van der Waals surface area contributed by atoms with E-state index < -0.39 is 10.0 Å². The summed E-state index contributed by atoms with van der Waals surface area (Å²) < 4.78 is 32.2. The molecule has 9 heteroatoms. The number of benzene rings is 1. The molecule has 1 aromatic carbocycles. The van der Waals surface area contributed by atoms with Crippen molar-refractivity contribution in [1.29, 1.82) is 0 Å². The van der Waals surface area contributed by atoms with Gasteiger partial charge in [-0.15, -0.1) is 0 Å². The molecule has 29 heavy (non-hydrogen) atoms. The number of hydrogen-bond acceptors (Lipinski definition) is 5. The summed E-state index contributed by atoms with van der Waals surface area (Å²) in [6.45, 7) is 3.70. The van der Waals surface area contributed by atoms with Gasteiger partial charge in [-0.05, 0) is 49.8 Å². The van der Waals surface area contributed by atoms with Crippen LogP contribution in [0.25, 0.3) is 6.08 Å². The summed E-state index contributed by atoms with van der Waals surface area (Å²) in [5, 5.41) is 2.72. The minimum absolute atomic E-state index is 0.00455. The molecule has 1 heterocycles. The molecule has 2 amide bonds. The van der Waals surface area contributed by atoms with Gasteiger partial charge in [0.15, 0.2) is 0 Å². The van der Waals surface area contributed by atoms with Gasteiger partial charge in [0.25, 0.3) is 0 Å². The second-order valence-corrected chi connectivity index (χ2v) is 8.49. The van der Waals surface area contributed by atoms with E-state index in [1.165, 1.54) is 36.4 Å². The van der Waals surface area contributed by atoms with Gasteiger partial charge >= 0.3 is 0 Å². The predicted octanol–water partition coefficient (Wildman–Crippen LogP) is 1.75. The predicted molar refractivity (Wildman–Crippen MR) is 109 cm³/mol. The van der Waals surface area contributed by atoms with Gasteiger partial charge in [0.05, 0.1) is 24.2 Å². The monoisotopic (exact) mass is 419 g/mol. The number of nitrogens with zero attached hydrogens (tertiary/aromatic N) is 1. The molecule has 0 aliphatic heterocycles. The van der Waals surface area contributed by atoms with Crippen LogP contribution in [0, 0.1) is 0 Å².